The normalized spacial score (nSPS) is 11.4. The molecule has 0 saturated carbocycles. The minimum Gasteiger partial charge on any atom is -0.475 e. The van der Waals surface area contributed by atoms with E-state index in [-0.39, 0.29) is 14.7 Å². The second-order valence-corrected chi connectivity index (χ2v) is 6.26. The van der Waals surface area contributed by atoms with E-state index in [0.29, 0.717) is 0 Å². The van der Waals surface area contributed by atoms with Crippen molar-refractivity contribution in [3.63, 3.8) is 0 Å². The molecule has 2 rings (SSSR count). The minimum absolute atomic E-state index is 0.177. The summed E-state index contributed by atoms with van der Waals surface area (Å²) < 4.78 is 30.6. The predicted molar refractivity (Wildman–Crippen MR) is 66.3 cm³/mol. The summed E-state index contributed by atoms with van der Waals surface area (Å²) in [5.74, 6) is -1.83. The highest BCUT2D eigenvalue weighted by atomic mass is 79.9. The molecule has 0 spiro atoms. The van der Waals surface area contributed by atoms with Gasteiger partial charge in [-0.25, -0.2) is 18.2 Å². The van der Waals surface area contributed by atoms with Crippen LogP contribution in [0.4, 0.5) is 5.13 Å². The molecule has 0 aliphatic carbocycles. The molecule has 10 heteroatoms. The van der Waals surface area contributed by atoms with Crippen LogP contribution in [0.3, 0.4) is 0 Å². The third-order valence-electron chi connectivity index (χ3n) is 1.81. The van der Waals surface area contributed by atoms with Gasteiger partial charge in [-0.1, -0.05) is 0 Å². The Balaban J connectivity index is 2.38. The van der Waals surface area contributed by atoms with Crippen molar-refractivity contribution in [3.8, 4) is 0 Å². The van der Waals surface area contributed by atoms with Gasteiger partial charge < -0.3 is 9.52 Å². The number of rotatable bonds is 4. The van der Waals surface area contributed by atoms with Crippen molar-refractivity contribution in [1.82, 2.24) is 4.98 Å². The summed E-state index contributed by atoms with van der Waals surface area (Å²) in [6.45, 7) is 0. The number of carbonyl (C=O) groups is 1. The lowest BCUT2D eigenvalue weighted by atomic mass is 10.5. The van der Waals surface area contributed by atoms with Gasteiger partial charge >= 0.3 is 5.97 Å². The van der Waals surface area contributed by atoms with E-state index in [1.165, 1.54) is 6.20 Å². The second-order valence-electron chi connectivity index (χ2n) is 3.00. The van der Waals surface area contributed by atoms with Crippen molar-refractivity contribution >= 4 is 48.4 Å². The number of nitrogens with zero attached hydrogens (tertiary/aromatic N) is 1. The van der Waals surface area contributed by atoms with Gasteiger partial charge in [-0.2, -0.15) is 0 Å². The Morgan fingerprint density at radius 1 is 1.56 bits per heavy atom. The van der Waals surface area contributed by atoms with Crippen LogP contribution in [0.5, 0.6) is 0 Å². The van der Waals surface area contributed by atoms with Crippen LogP contribution >= 0.6 is 27.3 Å². The topological polar surface area (TPSA) is 110 Å². The molecule has 0 fully saturated rings. The number of hydrogen-bond donors (Lipinski definition) is 2. The molecular weight excluding hydrogens is 348 g/mol. The smallest absolute Gasteiger partial charge is 0.371 e. The Bertz CT molecular complexity index is 676. The second kappa shape index (κ2) is 4.71. The Morgan fingerprint density at radius 3 is 2.78 bits per heavy atom. The highest BCUT2D eigenvalue weighted by Crippen LogP contribution is 2.28. The Hall–Kier alpha value is -1.39. The molecule has 2 aromatic rings. The summed E-state index contributed by atoms with van der Waals surface area (Å²) in [5.41, 5.74) is 0. The average Bonchev–Trinajstić information content (AvgIpc) is 2.86. The Kier molecular flexibility index (Phi) is 3.41. The number of aromatic nitrogens is 1. The average molecular weight is 353 g/mol. The van der Waals surface area contributed by atoms with E-state index < -0.39 is 21.8 Å². The highest BCUT2D eigenvalue weighted by molar-refractivity contribution is 9.10. The third-order valence-corrected chi connectivity index (χ3v) is 4.82. The maximum Gasteiger partial charge on any atom is 0.371 e. The van der Waals surface area contributed by atoms with E-state index in [1.54, 1.807) is 5.38 Å². The van der Waals surface area contributed by atoms with E-state index >= 15 is 0 Å². The van der Waals surface area contributed by atoms with Crippen LogP contribution in [0, 0.1) is 0 Å². The molecular formula is C8H5BrN2O5S2. The molecule has 96 valence electrons. The highest BCUT2D eigenvalue weighted by Gasteiger charge is 2.25. The van der Waals surface area contributed by atoms with Crippen LogP contribution in [-0.4, -0.2) is 24.5 Å². The van der Waals surface area contributed by atoms with E-state index in [1.807, 2.05) is 0 Å². The molecule has 0 saturated heterocycles. The van der Waals surface area contributed by atoms with Gasteiger partial charge in [-0.15, -0.1) is 11.3 Å². The Morgan fingerprint density at radius 2 is 2.28 bits per heavy atom. The molecule has 0 atom stereocenters. The Labute approximate surface area is 114 Å². The van der Waals surface area contributed by atoms with Gasteiger partial charge in [0.25, 0.3) is 10.0 Å². The van der Waals surface area contributed by atoms with E-state index in [9.17, 15) is 13.2 Å². The van der Waals surface area contributed by atoms with Crippen LogP contribution in [-0.2, 0) is 10.0 Å². The van der Waals surface area contributed by atoms with Crippen molar-refractivity contribution in [2.45, 2.75) is 4.90 Å². The number of carboxylic acids is 1. The number of halogens is 1. The van der Waals surface area contributed by atoms with E-state index in [4.69, 9.17) is 9.52 Å². The fraction of sp³-hybridized carbons (Fsp3) is 0. The van der Waals surface area contributed by atoms with Gasteiger partial charge in [-0.3, -0.25) is 4.72 Å². The minimum atomic E-state index is -3.93. The number of nitrogens with one attached hydrogen (secondary N) is 1. The SMILES string of the molecule is O=C(O)c1cc(S(=O)(=O)Nc2nccs2)c(Br)o1. The van der Waals surface area contributed by atoms with Crippen molar-refractivity contribution in [2.24, 2.45) is 0 Å². The monoisotopic (exact) mass is 352 g/mol. The number of thiazole rings is 1. The molecule has 2 heterocycles. The zero-order valence-corrected chi connectivity index (χ0v) is 11.7. The molecule has 0 bridgehead atoms. The number of sulfonamides is 1. The number of hydrogen-bond acceptors (Lipinski definition) is 6. The van der Waals surface area contributed by atoms with Crippen molar-refractivity contribution in [3.05, 3.63) is 28.1 Å². The summed E-state index contributed by atoms with van der Waals surface area (Å²) in [5, 5.41) is 10.5. The fourth-order valence-electron chi connectivity index (χ4n) is 1.08. The number of furan rings is 1. The van der Waals surface area contributed by atoms with E-state index in [2.05, 4.69) is 25.6 Å². The van der Waals surface area contributed by atoms with Gasteiger partial charge in [0.05, 0.1) is 0 Å². The molecule has 0 aliphatic heterocycles. The van der Waals surface area contributed by atoms with Crippen LogP contribution in [0.15, 0.2) is 31.6 Å². The fourth-order valence-corrected chi connectivity index (χ4v) is 3.81. The van der Waals surface area contributed by atoms with Crippen LogP contribution in [0.1, 0.15) is 10.6 Å². The zero-order chi connectivity index (χ0) is 13.3. The number of aromatic carboxylic acids is 1. The molecule has 0 aliphatic rings. The first-order valence-corrected chi connectivity index (χ1v) is 7.50. The summed E-state index contributed by atoms with van der Waals surface area (Å²) in [6.07, 6.45) is 1.44. The van der Waals surface area contributed by atoms with Crippen LogP contribution < -0.4 is 4.72 Å². The quantitative estimate of drug-likeness (QED) is 0.870. The first-order valence-electron chi connectivity index (χ1n) is 4.35. The maximum atomic E-state index is 11.9. The molecule has 18 heavy (non-hydrogen) atoms. The largest absolute Gasteiger partial charge is 0.475 e. The van der Waals surface area contributed by atoms with Crippen LogP contribution in [0.25, 0.3) is 0 Å². The number of carboxylic acid groups (broad SMARTS) is 1. The van der Waals surface area contributed by atoms with Gasteiger partial charge in [-0.05, 0) is 15.9 Å². The van der Waals surface area contributed by atoms with Gasteiger partial charge in [0.15, 0.2) is 9.80 Å². The van der Waals surface area contributed by atoms with Crippen molar-refractivity contribution < 1.29 is 22.7 Å². The molecule has 0 amide bonds. The standard InChI is InChI=1S/C8H5BrN2O5S2/c9-6-5(3-4(16-6)7(12)13)18(14,15)11-8-10-1-2-17-8/h1-3H,(H,10,11)(H,12,13). The lowest BCUT2D eigenvalue weighted by molar-refractivity contribution is 0.0661. The summed E-state index contributed by atoms with van der Waals surface area (Å²) >= 11 is 3.96. The van der Waals surface area contributed by atoms with E-state index in [0.717, 1.165) is 17.4 Å². The summed E-state index contributed by atoms with van der Waals surface area (Å²) in [7, 11) is -3.93. The molecule has 0 unspecified atom stereocenters. The van der Waals surface area contributed by atoms with Gasteiger partial charge in [0.1, 0.15) is 4.90 Å². The molecule has 2 N–H and O–H groups in total. The van der Waals surface area contributed by atoms with Crippen LogP contribution in [0.2, 0.25) is 0 Å². The summed E-state index contributed by atoms with van der Waals surface area (Å²) in [6, 6.07) is 0.919. The maximum absolute atomic E-state index is 11.9. The van der Waals surface area contributed by atoms with Crippen molar-refractivity contribution in [1.29, 1.82) is 0 Å². The lowest BCUT2D eigenvalue weighted by Gasteiger charge is -2.01. The molecule has 7 nitrogen and oxygen atoms in total. The lowest BCUT2D eigenvalue weighted by Crippen LogP contribution is -2.12. The first-order chi connectivity index (χ1) is 8.40. The molecule has 0 aromatic carbocycles. The molecule has 2 aromatic heterocycles. The number of anilines is 1. The molecule has 0 radical (unpaired) electrons. The van der Waals surface area contributed by atoms with Gasteiger partial charge in [0, 0.05) is 17.6 Å². The zero-order valence-electron chi connectivity index (χ0n) is 8.45. The van der Waals surface area contributed by atoms with Gasteiger partial charge in [0.2, 0.25) is 5.76 Å². The summed E-state index contributed by atoms with van der Waals surface area (Å²) in [4.78, 5) is 14.1. The van der Waals surface area contributed by atoms with Crippen molar-refractivity contribution in [2.75, 3.05) is 4.72 Å². The third kappa shape index (κ3) is 2.54. The predicted octanol–water partition coefficient (Wildman–Crippen LogP) is 2.00. The first kappa shape index (κ1) is 13.1.